The molecule has 0 aliphatic carbocycles. The van der Waals surface area contributed by atoms with E-state index in [2.05, 4.69) is 5.32 Å². The maximum Gasteiger partial charge on any atom is 0.124 e. The fraction of sp³-hybridized carbons (Fsp3) is 0.571. The van der Waals surface area contributed by atoms with Gasteiger partial charge in [0.1, 0.15) is 11.6 Å². The van der Waals surface area contributed by atoms with Crippen LogP contribution in [0.3, 0.4) is 0 Å². The summed E-state index contributed by atoms with van der Waals surface area (Å²) in [5.74, 6) is 0.113. The van der Waals surface area contributed by atoms with Gasteiger partial charge in [0, 0.05) is 25.3 Å². The lowest BCUT2D eigenvalue weighted by atomic mass is 10.1. The molecule has 0 saturated carbocycles. The highest BCUT2D eigenvalue weighted by Crippen LogP contribution is 2.25. The van der Waals surface area contributed by atoms with E-state index in [-0.39, 0.29) is 11.9 Å². The zero-order valence-corrected chi connectivity index (χ0v) is 11.1. The van der Waals surface area contributed by atoms with Crippen LogP contribution in [-0.2, 0) is 4.74 Å². The Labute approximate surface area is 112 Å². The molecule has 2 N–H and O–H groups in total. The number of benzene rings is 1. The lowest BCUT2D eigenvalue weighted by Crippen LogP contribution is -2.30. The highest BCUT2D eigenvalue weighted by Gasteiger charge is 2.17. The number of aliphatic hydroxyl groups is 1. The van der Waals surface area contributed by atoms with Crippen LogP contribution in [0.1, 0.15) is 24.5 Å². The van der Waals surface area contributed by atoms with Crippen molar-refractivity contribution >= 4 is 0 Å². The second-order valence-corrected chi connectivity index (χ2v) is 4.70. The van der Waals surface area contributed by atoms with Crippen LogP contribution in [0, 0.1) is 5.82 Å². The molecule has 2 atom stereocenters. The van der Waals surface area contributed by atoms with Crippen molar-refractivity contribution in [1.82, 2.24) is 5.32 Å². The van der Waals surface area contributed by atoms with Crippen molar-refractivity contribution in [3.63, 3.8) is 0 Å². The van der Waals surface area contributed by atoms with Gasteiger partial charge in [0.15, 0.2) is 0 Å². The first-order valence-corrected chi connectivity index (χ1v) is 6.54. The van der Waals surface area contributed by atoms with Gasteiger partial charge in [0.05, 0.1) is 19.3 Å². The van der Waals surface area contributed by atoms with Crippen LogP contribution in [0.2, 0.25) is 0 Å². The van der Waals surface area contributed by atoms with Crippen molar-refractivity contribution in [3.8, 4) is 5.75 Å². The standard InChI is InChI=1S/C14H20FNO3/c1-18-14-5-4-10(15)7-12(14)13(17)9-16-8-11-3-2-6-19-11/h4-5,7,11,13,16-17H,2-3,6,8-9H2,1H3. The molecule has 1 heterocycles. The minimum atomic E-state index is -0.799. The van der Waals surface area contributed by atoms with Gasteiger partial charge in [-0.1, -0.05) is 0 Å². The van der Waals surface area contributed by atoms with Crippen molar-refractivity contribution in [3.05, 3.63) is 29.6 Å². The molecule has 1 aromatic carbocycles. The summed E-state index contributed by atoms with van der Waals surface area (Å²) in [5, 5.41) is 13.2. The van der Waals surface area contributed by atoms with Gasteiger partial charge in [-0.15, -0.1) is 0 Å². The molecule has 106 valence electrons. The molecule has 0 aromatic heterocycles. The molecule has 1 saturated heterocycles. The van der Waals surface area contributed by atoms with E-state index in [0.717, 1.165) is 19.4 Å². The van der Waals surface area contributed by atoms with Gasteiger partial charge in [-0.05, 0) is 31.0 Å². The fourth-order valence-electron chi connectivity index (χ4n) is 2.26. The molecule has 0 bridgehead atoms. The van der Waals surface area contributed by atoms with E-state index in [4.69, 9.17) is 9.47 Å². The number of hydrogen-bond acceptors (Lipinski definition) is 4. The Bertz CT molecular complexity index is 408. The molecule has 1 aromatic rings. The van der Waals surface area contributed by atoms with E-state index >= 15 is 0 Å². The molecule has 2 rings (SSSR count). The third-order valence-corrected chi connectivity index (χ3v) is 3.28. The highest BCUT2D eigenvalue weighted by molar-refractivity contribution is 5.35. The van der Waals surface area contributed by atoms with Gasteiger partial charge < -0.3 is 19.9 Å². The van der Waals surface area contributed by atoms with Gasteiger partial charge in [0.25, 0.3) is 0 Å². The molecule has 19 heavy (non-hydrogen) atoms. The Morgan fingerprint density at radius 1 is 1.58 bits per heavy atom. The van der Waals surface area contributed by atoms with Crippen LogP contribution in [0.25, 0.3) is 0 Å². The van der Waals surface area contributed by atoms with E-state index in [0.29, 0.717) is 24.4 Å². The SMILES string of the molecule is COc1ccc(F)cc1C(O)CNCC1CCCO1. The molecule has 0 spiro atoms. The summed E-state index contributed by atoms with van der Waals surface area (Å²) in [4.78, 5) is 0. The minimum absolute atomic E-state index is 0.224. The predicted octanol–water partition coefficient (Wildman–Crippen LogP) is 1.64. The number of ether oxygens (including phenoxy) is 2. The monoisotopic (exact) mass is 269 g/mol. The predicted molar refractivity (Wildman–Crippen MR) is 69.8 cm³/mol. The van der Waals surface area contributed by atoms with E-state index < -0.39 is 6.10 Å². The molecule has 0 radical (unpaired) electrons. The number of nitrogens with one attached hydrogen (secondary N) is 1. The van der Waals surface area contributed by atoms with Crippen molar-refractivity contribution in [2.45, 2.75) is 25.0 Å². The number of hydrogen-bond donors (Lipinski definition) is 2. The normalized spacial score (nSPS) is 20.5. The second kappa shape index (κ2) is 6.84. The van der Waals surface area contributed by atoms with E-state index in [9.17, 15) is 9.50 Å². The van der Waals surface area contributed by atoms with Gasteiger partial charge in [-0.2, -0.15) is 0 Å². The van der Waals surface area contributed by atoms with Crippen LogP contribution in [0.5, 0.6) is 5.75 Å². The summed E-state index contributed by atoms with van der Waals surface area (Å²) < 4.78 is 23.8. The van der Waals surface area contributed by atoms with Gasteiger partial charge in [-0.3, -0.25) is 0 Å². The lowest BCUT2D eigenvalue weighted by Gasteiger charge is -2.17. The fourth-order valence-corrected chi connectivity index (χ4v) is 2.26. The average Bonchev–Trinajstić information content (AvgIpc) is 2.91. The Morgan fingerprint density at radius 3 is 3.11 bits per heavy atom. The Kier molecular flexibility index (Phi) is 5.13. The number of methoxy groups -OCH3 is 1. The maximum atomic E-state index is 13.2. The lowest BCUT2D eigenvalue weighted by molar-refractivity contribution is 0.103. The van der Waals surface area contributed by atoms with Crippen LogP contribution in [0.4, 0.5) is 4.39 Å². The zero-order chi connectivity index (χ0) is 13.7. The van der Waals surface area contributed by atoms with Gasteiger partial charge in [0.2, 0.25) is 0 Å². The third-order valence-electron chi connectivity index (χ3n) is 3.28. The van der Waals surface area contributed by atoms with Crippen molar-refractivity contribution in [1.29, 1.82) is 0 Å². The van der Waals surface area contributed by atoms with Gasteiger partial charge >= 0.3 is 0 Å². The number of aliphatic hydroxyl groups excluding tert-OH is 1. The molecule has 5 heteroatoms. The van der Waals surface area contributed by atoms with Crippen molar-refractivity contribution < 1.29 is 19.0 Å². The van der Waals surface area contributed by atoms with E-state index in [1.807, 2.05) is 0 Å². The average molecular weight is 269 g/mol. The van der Waals surface area contributed by atoms with Crippen LogP contribution in [-0.4, -0.2) is 38.0 Å². The maximum absolute atomic E-state index is 13.2. The molecule has 1 aliphatic heterocycles. The summed E-state index contributed by atoms with van der Waals surface area (Å²) in [6, 6.07) is 4.14. The number of halogens is 1. The van der Waals surface area contributed by atoms with Crippen LogP contribution in [0.15, 0.2) is 18.2 Å². The Morgan fingerprint density at radius 2 is 2.42 bits per heavy atom. The quantitative estimate of drug-likeness (QED) is 0.824. The molecular formula is C14H20FNO3. The van der Waals surface area contributed by atoms with Crippen molar-refractivity contribution in [2.24, 2.45) is 0 Å². The molecule has 1 fully saturated rings. The summed E-state index contributed by atoms with van der Waals surface area (Å²) in [5.41, 5.74) is 0.461. The summed E-state index contributed by atoms with van der Waals surface area (Å²) in [6.45, 7) is 1.86. The third kappa shape index (κ3) is 3.89. The summed E-state index contributed by atoms with van der Waals surface area (Å²) in [6.07, 6.45) is 1.56. The van der Waals surface area contributed by atoms with Crippen LogP contribution >= 0.6 is 0 Å². The first-order valence-electron chi connectivity index (χ1n) is 6.54. The second-order valence-electron chi connectivity index (χ2n) is 4.70. The van der Waals surface area contributed by atoms with E-state index in [1.165, 1.54) is 25.3 Å². The van der Waals surface area contributed by atoms with Crippen LogP contribution < -0.4 is 10.1 Å². The molecule has 4 nitrogen and oxygen atoms in total. The molecule has 1 aliphatic rings. The number of rotatable bonds is 6. The topological polar surface area (TPSA) is 50.7 Å². The largest absolute Gasteiger partial charge is 0.496 e. The zero-order valence-electron chi connectivity index (χ0n) is 11.1. The smallest absolute Gasteiger partial charge is 0.124 e. The summed E-state index contributed by atoms with van der Waals surface area (Å²) >= 11 is 0. The molecule has 0 amide bonds. The summed E-state index contributed by atoms with van der Waals surface area (Å²) in [7, 11) is 1.50. The minimum Gasteiger partial charge on any atom is -0.496 e. The van der Waals surface area contributed by atoms with Crippen molar-refractivity contribution in [2.75, 3.05) is 26.8 Å². The first-order chi connectivity index (χ1) is 9.20. The first kappa shape index (κ1) is 14.2. The highest BCUT2D eigenvalue weighted by atomic mass is 19.1. The molecule has 2 unspecified atom stereocenters. The van der Waals surface area contributed by atoms with E-state index in [1.54, 1.807) is 0 Å². The molecular weight excluding hydrogens is 249 g/mol. The van der Waals surface area contributed by atoms with Gasteiger partial charge in [-0.25, -0.2) is 4.39 Å². The Balaban J connectivity index is 1.87. The Hall–Kier alpha value is -1.17.